The van der Waals surface area contributed by atoms with E-state index < -0.39 is 40.5 Å². The van der Waals surface area contributed by atoms with E-state index in [0.717, 1.165) is 6.26 Å². The van der Waals surface area contributed by atoms with E-state index in [1.54, 1.807) is 18.2 Å². The minimum atomic E-state index is -3.29. The van der Waals surface area contributed by atoms with Crippen molar-refractivity contribution >= 4 is 33.6 Å². The summed E-state index contributed by atoms with van der Waals surface area (Å²) in [4.78, 5) is 35.9. The number of carbonyl (C=O) groups excluding carboxylic acids is 3. The number of urea groups is 1. The molecule has 164 valence electrons. The Kier molecular flexibility index (Phi) is 6.77. The second-order valence-corrected chi connectivity index (χ2v) is 8.89. The lowest BCUT2D eigenvalue weighted by Gasteiger charge is -2.28. The molecule has 1 aromatic rings. The average Bonchev–Trinajstić information content (AvgIpc) is 2.71. The third-order valence-corrected chi connectivity index (χ3v) is 5.96. The van der Waals surface area contributed by atoms with E-state index >= 15 is 0 Å². The maximum atomic E-state index is 12.1. The largest absolute Gasteiger partial charge is 0.486 e. The molecule has 0 atom stereocenters. The first-order chi connectivity index (χ1) is 14.2. The quantitative estimate of drug-likeness (QED) is 0.623. The third kappa shape index (κ3) is 5.83. The number of ether oxygens (including phenoxy) is 3. The number of amides is 3. The molecule has 0 spiro atoms. The molecule has 1 aromatic carbocycles. The number of benzene rings is 1. The SMILES string of the molecule is CS(=O)(=O)N1CCC(C(=O)OCC(=O)NC(=O)Nc2ccc3c(c2)OCCO3)CC1. The molecule has 3 rings (SSSR count). The van der Waals surface area contributed by atoms with Crippen LogP contribution < -0.4 is 20.1 Å². The van der Waals surface area contributed by atoms with Crippen LogP contribution in [0.25, 0.3) is 0 Å². The van der Waals surface area contributed by atoms with Gasteiger partial charge in [-0.1, -0.05) is 0 Å². The van der Waals surface area contributed by atoms with E-state index in [1.165, 1.54) is 4.31 Å². The highest BCUT2D eigenvalue weighted by molar-refractivity contribution is 7.88. The van der Waals surface area contributed by atoms with Crippen LogP contribution in [-0.2, 0) is 24.3 Å². The number of sulfonamides is 1. The highest BCUT2D eigenvalue weighted by Gasteiger charge is 2.30. The average molecular weight is 441 g/mol. The number of carbonyl (C=O) groups is 3. The van der Waals surface area contributed by atoms with Gasteiger partial charge in [0.2, 0.25) is 10.0 Å². The highest BCUT2D eigenvalue weighted by Crippen LogP contribution is 2.32. The predicted molar refractivity (Wildman–Crippen MR) is 105 cm³/mol. The van der Waals surface area contributed by atoms with Crippen LogP contribution in [0.2, 0.25) is 0 Å². The second-order valence-electron chi connectivity index (χ2n) is 6.90. The molecule has 0 aliphatic carbocycles. The Morgan fingerprint density at radius 2 is 1.80 bits per heavy atom. The van der Waals surface area contributed by atoms with E-state index in [9.17, 15) is 22.8 Å². The molecule has 30 heavy (non-hydrogen) atoms. The van der Waals surface area contributed by atoms with E-state index in [-0.39, 0.29) is 13.1 Å². The molecular weight excluding hydrogens is 418 g/mol. The molecule has 0 radical (unpaired) electrons. The van der Waals surface area contributed by atoms with Crippen LogP contribution in [0.4, 0.5) is 10.5 Å². The van der Waals surface area contributed by atoms with Crippen molar-refractivity contribution in [2.45, 2.75) is 12.8 Å². The van der Waals surface area contributed by atoms with Crippen molar-refractivity contribution in [3.05, 3.63) is 18.2 Å². The van der Waals surface area contributed by atoms with Gasteiger partial charge in [-0.15, -0.1) is 0 Å². The van der Waals surface area contributed by atoms with E-state index in [0.29, 0.717) is 43.2 Å². The Bertz CT molecular complexity index is 925. The van der Waals surface area contributed by atoms with Crippen molar-refractivity contribution in [1.29, 1.82) is 0 Å². The third-order valence-electron chi connectivity index (χ3n) is 4.65. The Balaban J connectivity index is 1.40. The fraction of sp³-hybridized carbons (Fsp3) is 0.500. The summed E-state index contributed by atoms with van der Waals surface area (Å²) >= 11 is 0. The molecule has 2 aliphatic rings. The lowest BCUT2D eigenvalue weighted by atomic mass is 9.98. The summed E-state index contributed by atoms with van der Waals surface area (Å²) in [5.41, 5.74) is 0.402. The van der Waals surface area contributed by atoms with Gasteiger partial charge in [0.05, 0.1) is 12.2 Å². The van der Waals surface area contributed by atoms with Crippen molar-refractivity contribution in [2.24, 2.45) is 5.92 Å². The predicted octanol–water partition coefficient (Wildman–Crippen LogP) is 0.321. The standard InChI is InChI=1S/C18H23N3O8S/c1-30(25,26)21-6-4-12(5-7-21)17(23)29-11-16(22)20-18(24)19-13-2-3-14-15(10-13)28-9-8-27-14/h2-3,10,12H,4-9,11H2,1H3,(H2,19,20,22,24). The van der Waals surface area contributed by atoms with Crippen LogP contribution in [0.3, 0.4) is 0 Å². The molecule has 1 saturated heterocycles. The molecule has 0 saturated carbocycles. The van der Waals surface area contributed by atoms with Gasteiger partial charge in [-0.05, 0) is 25.0 Å². The molecule has 1 fully saturated rings. The summed E-state index contributed by atoms with van der Waals surface area (Å²) in [7, 11) is -3.29. The fourth-order valence-electron chi connectivity index (χ4n) is 3.12. The van der Waals surface area contributed by atoms with Crippen molar-refractivity contribution in [3.63, 3.8) is 0 Å². The van der Waals surface area contributed by atoms with Gasteiger partial charge in [-0.25, -0.2) is 17.5 Å². The number of imide groups is 1. The van der Waals surface area contributed by atoms with Crippen LogP contribution in [0, 0.1) is 5.92 Å². The van der Waals surface area contributed by atoms with Gasteiger partial charge >= 0.3 is 12.0 Å². The van der Waals surface area contributed by atoms with Crippen LogP contribution in [0.15, 0.2) is 18.2 Å². The smallest absolute Gasteiger partial charge is 0.325 e. The van der Waals surface area contributed by atoms with Crippen molar-refractivity contribution in [3.8, 4) is 11.5 Å². The number of piperidine rings is 1. The van der Waals surface area contributed by atoms with Crippen LogP contribution in [0.5, 0.6) is 11.5 Å². The number of esters is 1. The minimum Gasteiger partial charge on any atom is -0.486 e. The van der Waals surface area contributed by atoms with Crippen LogP contribution >= 0.6 is 0 Å². The second kappa shape index (κ2) is 9.30. The number of fused-ring (bicyclic) bond motifs is 1. The Morgan fingerprint density at radius 1 is 1.13 bits per heavy atom. The molecule has 11 nitrogen and oxygen atoms in total. The summed E-state index contributed by atoms with van der Waals surface area (Å²) < 4.78 is 40.0. The minimum absolute atomic E-state index is 0.225. The molecule has 0 unspecified atom stereocenters. The molecule has 0 aromatic heterocycles. The highest BCUT2D eigenvalue weighted by atomic mass is 32.2. The first kappa shape index (κ1) is 21.8. The summed E-state index contributed by atoms with van der Waals surface area (Å²) in [6, 6.07) is 4.03. The summed E-state index contributed by atoms with van der Waals surface area (Å²) in [6.45, 7) is 0.690. The number of nitrogens with one attached hydrogen (secondary N) is 2. The monoisotopic (exact) mass is 441 g/mol. The topological polar surface area (TPSA) is 140 Å². The van der Waals surface area contributed by atoms with Crippen LogP contribution in [-0.4, -0.2) is 69.8 Å². The maximum absolute atomic E-state index is 12.1. The van der Waals surface area contributed by atoms with E-state index in [1.807, 2.05) is 0 Å². The molecule has 2 heterocycles. The van der Waals surface area contributed by atoms with Gasteiger partial charge in [0, 0.05) is 24.8 Å². The molecule has 0 bridgehead atoms. The number of rotatable bonds is 5. The first-order valence-electron chi connectivity index (χ1n) is 9.34. The number of hydrogen-bond acceptors (Lipinski definition) is 8. The van der Waals surface area contributed by atoms with Crippen molar-refractivity contribution in [1.82, 2.24) is 9.62 Å². The number of hydrogen-bond donors (Lipinski definition) is 2. The van der Waals surface area contributed by atoms with Gasteiger partial charge in [-0.2, -0.15) is 0 Å². The van der Waals surface area contributed by atoms with Crippen molar-refractivity contribution < 1.29 is 37.0 Å². The Hall–Kier alpha value is -2.86. The summed E-state index contributed by atoms with van der Waals surface area (Å²) in [5, 5.41) is 4.55. The Morgan fingerprint density at radius 3 is 2.47 bits per heavy atom. The summed E-state index contributed by atoms with van der Waals surface area (Å²) in [6.07, 6.45) is 1.75. The molecule has 3 amide bonds. The number of anilines is 1. The Labute approximate surface area is 173 Å². The fourth-order valence-corrected chi connectivity index (χ4v) is 4.00. The van der Waals surface area contributed by atoms with Gasteiger partial charge in [0.15, 0.2) is 18.1 Å². The van der Waals surface area contributed by atoms with Gasteiger partial charge in [0.1, 0.15) is 13.2 Å². The lowest BCUT2D eigenvalue weighted by molar-refractivity contribution is -0.153. The van der Waals surface area contributed by atoms with Gasteiger partial charge in [-0.3, -0.25) is 14.9 Å². The van der Waals surface area contributed by atoms with Crippen LogP contribution in [0.1, 0.15) is 12.8 Å². The summed E-state index contributed by atoms with van der Waals surface area (Å²) in [5.74, 6) is -0.807. The first-order valence-corrected chi connectivity index (χ1v) is 11.2. The zero-order valence-electron chi connectivity index (χ0n) is 16.4. The van der Waals surface area contributed by atoms with Gasteiger partial charge < -0.3 is 19.5 Å². The molecular formula is C18H23N3O8S. The molecule has 2 N–H and O–H groups in total. The maximum Gasteiger partial charge on any atom is 0.325 e. The number of nitrogens with zero attached hydrogens (tertiary/aromatic N) is 1. The lowest BCUT2D eigenvalue weighted by Crippen LogP contribution is -2.41. The normalized spacial score (nSPS) is 17.1. The zero-order chi connectivity index (χ0) is 21.7. The zero-order valence-corrected chi connectivity index (χ0v) is 17.2. The van der Waals surface area contributed by atoms with Gasteiger partial charge in [0.25, 0.3) is 5.91 Å². The molecule has 12 heteroatoms. The van der Waals surface area contributed by atoms with E-state index in [2.05, 4.69) is 10.6 Å². The van der Waals surface area contributed by atoms with E-state index in [4.69, 9.17) is 14.2 Å². The van der Waals surface area contributed by atoms with Crippen molar-refractivity contribution in [2.75, 3.05) is 44.5 Å². The molecule has 2 aliphatic heterocycles.